The first-order valence-electron chi connectivity index (χ1n) is 7.33. The van der Waals surface area contributed by atoms with Gasteiger partial charge in [-0.3, -0.25) is 0 Å². The van der Waals surface area contributed by atoms with Crippen LogP contribution in [0, 0.1) is 0 Å². The summed E-state index contributed by atoms with van der Waals surface area (Å²) in [5.74, 6) is 1.69. The standard InChI is InChI=1S/C16H27NO2/c1-5-10-17-13(4)11-14-8-9-15(18-6-2)16(12-14)19-7-3/h8-9,12-13,17H,5-7,10-11H2,1-4H3. The molecule has 0 aliphatic heterocycles. The van der Waals surface area contributed by atoms with Gasteiger partial charge in [-0.25, -0.2) is 0 Å². The van der Waals surface area contributed by atoms with Gasteiger partial charge >= 0.3 is 0 Å². The Morgan fingerprint density at radius 1 is 1.05 bits per heavy atom. The fourth-order valence-corrected chi connectivity index (χ4v) is 2.04. The van der Waals surface area contributed by atoms with Crippen LogP contribution >= 0.6 is 0 Å². The highest BCUT2D eigenvalue weighted by Crippen LogP contribution is 2.28. The van der Waals surface area contributed by atoms with Crippen molar-refractivity contribution in [2.24, 2.45) is 0 Å². The maximum atomic E-state index is 5.65. The minimum atomic E-state index is 0.479. The Morgan fingerprint density at radius 2 is 1.74 bits per heavy atom. The summed E-state index contributed by atoms with van der Waals surface area (Å²) in [4.78, 5) is 0. The molecule has 0 bridgehead atoms. The number of hydrogen-bond donors (Lipinski definition) is 1. The summed E-state index contributed by atoms with van der Waals surface area (Å²) in [6.45, 7) is 10.8. The molecule has 3 nitrogen and oxygen atoms in total. The summed E-state index contributed by atoms with van der Waals surface area (Å²) < 4.78 is 11.2. The Kier molecular flexibility index (Phi) is 7.34. The zero-order chi connectivity index (χ0) is 14.1. The van der Waals surface area contributed by atoms with Gasteiger partial charge in [-0.05, 0) is 57.9 Å². The Hall–Kier alpha value is -1.22. The van der Waals surface area contributed by atoms with Crippen molar-refractivity contribution in [3.8, 4) is 11.5 Å². The lowest BCUT2D eigenvalue weighted by Gasteiger charge is -2.16. The molecule has 0 heterocycles. The summed E-state index contributed by atoms with van der Waals surface area (Å²) in [6, 6.07) is 6.71. The molecule has 0 radical (unpaired) electrons. The van der Waals surface area contributed by atoms with Gasteiger partial charge in [0, 0.05) is 6.04 Å². The van der Waals surface area contributed by atoms with E-state index in [-0.39, 0.29) is 0 Å². The molecule has 0 saturated heterocycles. The number of hydrogen-bond acceptors (Lipinski definition) is 3. The zero-order valence-electron chi connectivity index (χ0n) is 12.7. The van der Waals surface area contributed by atoms with Crippen molar-refractivity contribution < 1.29 is 9.47 Å². The molecule has 0 amide bonds. The van der Waals surface area contributed by atoms with Gasteiger partial charge in [-0.15, -0.1) is 0 Å². The maximum Gasteiger partial charge on any atom is 0.161 e. The second kappa shape index (κ2) is 8.81. The molecule has 0 aliphatic carbocycles. The van der Waals surface area contributed by atoms with Crippen LogP contribution in [0.3, 0.4) is 0 Å². The lowest BCUT2D eigenvalue weighted by Crippen LogP contribution is -2.28. The van der Waals surface area contributed by atoms with E-state index in [1.807, 2.05) is 19.9 Å². The predicted molar refractivity (Wildman–Crippen MR) is 80.2 cm³/mol. The van der Waals surface area contributed by atoms with E-state index in [0.717, 1.165) is 30.9 Å². The van der Waals surface area contributed by atoms with Crippen molar-refractivity contribution in [3.05, 3.63) is 23.8 Å². The van der Waals surface area contributed by atoms with Crippen LogP contribution in [0.4, 0.5) is 0 Å². The molecule has 1 aromatic rings. The minimum Gasteiger partial charge on any atom is -0.490 e. The Bertz CT molecular complexity index is 366. The highest BCUT2D eigenvalue weighted by molar-refractivity contribution is 5.43. The predicted octanol–water partition coefficient (Wildman–Crippen LogP) is 3.41. The molecule has 1 aromatic carbocycles. The van der Waals surface area contributed by atoms with Gasteiger partial charge in [0.15, 0.2) is 11.5 Å². The molecule has 0 spiro atoms. The van der Waals surface area contributed by atoms with Gasteiger partial charge in [-0.2, -0.15) is 0 Å². The van der Waals surface area contributed by atoms with Crippen LogP contribution < -0.4 is 14.8 Å². The molecule has 108 valence electrons. The molecular formula is C16H27NO2. The monoisotopic (exact) mass is 265 g/mol. The molecule has 3 heteroatoms. The van der Waals surface area contributed by atoms with Gasteiger partial charge in [-0.1, -0.05) is 13.0 Å². The van der Waals surface area contributed by atoms with E-state index in [4.69, 9.17) is 9.47 Å². The van der Waals surface area contributed by atoms with Gasteiger partial charge in [0.2, 0.25) is 0 Å². The number of ether oxygens (including phenoxy) is 2. The molecule has 0 saturated carbocycles. The minimum absolute atomic E-state index is 0.479. The van der Waals surface area contributed by atoms with Crippen molar-refractivity contribution in [1.82, 2.24) is 5.32 Å². The Labute approximate surface area is 117 Å². The lowest BCUT2D eigenvalue weighted by atomic mass is 10.1. The van der Waals surface area contributed by atoms with Crippen LogP contribution in [0.25, 0.3) is 0 Å². The summed E-state index contributed by atoms with van der Waals surface area (Å²) >= 11 is 0. The van der Waals surface area contributed by atoms with E-state index < -0.39 is 0 Å². The fourth-order valence-electron chi connectivity index (χ4n) is 2.04. The van der Waals surface area contributed by atoms with Crippen molar-refractivity contribution in [2.75, 3.05) is 19.8 Å². The molecule has 0 aromatic heterocycles. The van der Waals surface area contributed by atoms with Crippen LogP contribution in [0.2, 0.25) is 0 Å². The summed E-state index contributed by atoms with van der Waals surface area (Å²) in [5.41, 5.74) is 1.28. The molecule has 0 fully saturated rings. The van der Waals surface area contributed by atoms with Crippen LogP contribution in [-0.4, -0.2) is 25.8 Å². The van der Waals surface area contributed by atoms with Crippen molar-refractivity contribution in [1.29, 1.82) is 0 Å². The molecule has 19 heavy (non-hydrogen) atoms. The number of benzene rings is 1. The lowest BCUT2D eigenvalue weighted by molar-refractivity contribution is 0.287. The third-order valence-corrected chi connectivity index (χ3v) is 2.89. The third kappa shape index (κ3) is 5.52. The molecule has 1 atom stereocenters. The first-order chi connectivity index (χ1) is 9.21. The molecule has 0 aliphatic rings. The highest BCUT2D eigenvalue weighted by atomic mass is 16.5. The normalized spacial score (nSPS) is 12.2. The largest absolute Gasteiger partial charge is 0.490 e. The van der Waals surface area contributed by atoms with Crippen LogP contribution in [0.1, 0.15) is 39.7 Å². The number of nitrogens with one attached hydrogen (secondary N) is 1. The van der Waals surface area contributed by atoms with Crippen molar-refractivity contribution in [3.63, 3.8) is 0 Å². The SMILES string of the molecule is CCCNC(C)Cc1ccc(OCC)c(OCC)c1. The van der Waals surface area contributed by atoms with E-state index in [9.17, 15) is 0 Å². The molecule has 1 unspecified atom stereocenters. The fraction of sp³-hybridized carbons (Fsp3) is 0.625. The topological polar surface area (TPSA) is 30.5 Å². The second-order valence-corrected chi connectivity index (χ2v) is 4.71. The van der Waals surface area contributed by atoms with E-state index in [1.165, 1.54) is 5.56 Å². The van der Waals surface area contributed by atoms with E-state index >= 15 is 0 Å². The quantitative estimate of drug-likeness (QED) is 0.742. The zero-order valence-corrected chi connectivity index (χ0v) is 12.7. The van der Waals surface area contributed by atoms with Gasteiger partial charge in [0.25, 0.3) is 0 Å². The van der Waals surface area contributed by atoms with Gasteiger partial charge in [0.1, 0.15) is 0 Å². The first-order valence-corrected chi connectivity index (χ1v) is 7.33. The number of rotatable bonds is 9. The highest BCUT2D eigenvalue weighted by Gasteiger charge is 2.08. The van der Waals surface area contributed by atoms with Crippen LogP contribution in [-0.2, 0) is 6.42 Å². The maximum absolute atomic E-state index is 5.65. The summed E-state index contributed by atoms with van der Waals surface area (Å²) in [5, 5.41) is 3.50. The first kappa shape index (κ1) is 15.8. The summed E-state index contributed by atoms with van der Waals surface area (Å²) in [6.07, 6.45) is 2.17. The average Bonchev–Trinajstić information content (AvgIpc) is 2.40. The summed E-state index contributed by atoms with van der Waals surface area (Å²) in [7, 11) is 0. The van der Waals surface area contributed by atoms with Gasteiger partial charge in [0.05, 0.1) is 13.2 Å². The Morgan fingerprint density at radius 3 is 2.37 bits per heavy atom. The Balaban J connectivity index is 2.71. The van der Waals surface area contributed by atoms with Crippen LogP contribution in [0.15, 0.2) is 18.2 Å². The molecular weight excluding hydrogens is 238 g/mol. The van der Waals surface area contributed by atoms with Crippen molar-refractivity contribution in [2.45, 2.75) is 46.6 Å². The molecule has 1 N–H and O–H groups in total. The van der Waals surface area contributed by atoms with E-state index in [0.29, 0.717) is 19.3 Å². The third-order valence-electron chi connectivity index (χ3n) is 2.89. The van der Waals surface area contributed by atoms with Crippen LogP contribution in [0.5, 0.6) is 11.5 Å². The van der Waals surface area contributed by atoms with E-state index in [2.05, 4.69) is 31.3 Å². The van der Waals surface area contributed by atoms with Crippen molar-refractivity contribution >= 4 is 0 Å². The van der Waals surface area contributed by atoms with E-state index in [1.54, 1.807) is 0 Å². The smallest absolute Gasteiger partial charge is 0.161 e. The van der Waals surface area contributed by atoms with Gasteiger partial charge < -0.3 is 14.8 Å². The molecule has 1 rings (SSSR count). The second-order valence-electron chi connectivity index (χ2n) is 4.71. The average molecular weight is 265 g/mol.